The fraction of sp³-hybridized carbons (Fsp3) is 0.923. The van der Waals surface area contributed by atoms with E-state index >= 15 is 0 Å². The highest BCUT2D eigenvalue weighted by Crippen LogP contribution is 2.29. The molecule has 0 aliphatic heterocycles. The number of rotatable bonds is 6. The molecule has 4 heteroatoms. The molecule has 2 atom stereocenters. The van der Waals surface area contributed by atoms with Gasteiger partial charge in [0.2, 0.25) is 6.29 Å². The van der Waals surface area contributed by atoms with E-state index in [4.69, 9.17) is 9.47 Å². The predicted molar refractivity (Wildman–Crippen MR) is 76.2 cm³/mol. The van der Waals surface area contributed by atoms with E-state index < -0.39 is 0 Å². The molecule has 1 aliphatic rings. The molecule has 0 aromatic heterocycles. The zero-order valence-corrected chi connectivity index (χ0v) is 12.9. The monoisotopic (exact) mass is 354 g/mol. The molecule has 0 N–H and O–H groups in total. The van der Waals surface area contributed by atoms with Crippen LogP contribution >= 0.6 is 22.6 Å². The Kier molecular flexibility index (Phi) is 7.43. The van der Waals surface area contributed by atoms with Crippen molar-refractivity contribution in [1.82, 2.24) is 0 Å². The highest BCUT2D eigenvalue weighted by atomic mass is 127. The van der Waals surface area contributed by atoms with Crippen molar-refractivity contribution in [2.75, 3.05) is 6.61 Å². The average Bonchev–Trinajstić information content (AvgIpc) is 2.38. The smallest absolute Gasteiger partial charge is 0.321 e. The molecular formula is C13H23IO3. The second kappa shape index (κ2) is 8.29. The van der Waals surface area contributed by atoms with Crippen molar-refractivity contribution in [2.24, 2.45) is 5.92 Å². The van der Waals surface area contributed by atoms with Crippen LogP contribution in [0.5, 0.6) is 0 Å². The standard InChI is InChI=1S/C13H23IO3/c1-3-11(14)12(15)17-13(16-4-2)10-8-6-5-7-9-10/h10-11,13H,3-9H2,1-2H3. The Morgan fingerprint density at radius 1 is 1.29 bits per heavy atom. The number of alkyl halides is 1. The van der Waals surface area contributed by atoms with Gasteiger partial charge in [-0.1, -0.05) is 48.8 Å². The minimum Gasteiger partial charge on any atom is -0.435 e. The second-order valence-electron chi connectivity index (χ2n) is 4.53. The summed E-state index contributed by atoms with van der Waals surface area (Å²) in [5, 5.41) is 0. The van der Waals surface area contributed by atoms with Crippen LogP contribution in [-0.4, -0.2) is 22.8 Å². The Balaban J connectivity index is 2.49. The number of carbonyl (C=O) groups is 1. The van der Waals surface area contributed by atoms with Gasteiger partial charge in [0.25, 0.3) is 0 Å². The van der Waals surface area contributed by atoms with Gasteiger partial charge in [0, 0.05) is 12.5 Å². The first-order valence-corrected chi connectivity index (χ1v) is 7.89. The summed E-state index contributed by atoms with van der Waals surface area (Å²) in [4.78, 5) is 11.8. The summed E-state index contributed by atoms with van der Waals surface area (Å²) in [6.45, 7) is 4.55. The number of halogens is 1. The normalized spacial score (nSPS) is 20.9. The van der Waals surface area contributed by atoms with Crippen LogP contribution in [0.25, 0.3) is 0 Å². The molecule has 100 valence electrons. The molecule has 1 aliphatic carbocycles. The average molecular weight is 354 g/mol. The van der Waals surface area contributed by atoms with Crippen molar-refractivity contribution in [3.8, 4) is 0 Å². The molecule has 0 aromatic carbocycles. The maximum atomic E-state index is 11.8. The lowest BCUT2D eigenvalue weighted by atomic mass is 9.89. The van der Waals surface area contributed by atoms with E-state index in [-0.39, 0.29) is 16.2 Å². The Morgan fingerprint density at radius 2 is 1.94 bits per heavy atom. The number of hydrogen-bond acceptors (Lipinski definition) is 3. The molecule has 0 radical (unpaired) electrons. The first kappa shape index (κ1) is 15.2. The molecule has 1 saturated carbocycles. The van der Waals surface area contributed by atoms with Gasteiger partial charge in [-0.3, -0.25) is 4.79 Å². The number of hydrogen-bond donors (Lipinski definition) is 0. The maximum Gasteiger partial charge on any atom is 0.321 e. The van der Waals surface area contributed by atoms with Crippen LogP contribution in [0.2, 0.25) is 0 Å². The summed E-state index contributed by atoms with van der Waals surface area (Å²) >= 11 is 2.13. The van der Waals surface area contributed by atoms with Crippen LogP contribution in [-0.2, 0) is 14.3 Å². The fourth-order valence-corrected chi connectivity index (χ4v) is 2.34. The van der Waals surface area contributed by atoms with Crippen molar-refractivity contribution in [3.63, 3.8) is 0 Å². The summed E-state index contributed by atoms with van der Waals surface area (Å²) in [7, 11) is 0. The molecule has 1 rings (SSSR count). The number of carbonyl (C=O) groups excluding carboxylic acids is 1. The summed E-state index contributed by atoms with van der Waals surface area (Å²) in [5.41, 5.74) is 0. The quantitative estimate of drug-likeness (QED) is 0.316. The number of esters is 1. The lowest BCUT2D eigenvalue weighted by Gasteiger charge is -2.29. The Morgan fingerprint density at radius 3 is 2.47 bits per heavy atom. The zero-order valence-electron chi connectivity index (χ0n) is 10.8. The molecule has 0 saturated heterocycles. The van der Waals surface area contributed by atoms with Gasteiger partial charge in [-0.2, -0.15) is 0 Å². The van der Waals surface area contributed by atoms with E-state index in [0.717, 1.165) is 19.3 Å². The van der Waals surface area contributed by atoms with E-state index in [1.54, 1.807) is 0 Å². The molecule has 2 unspecified atom stereocenters. The van der Waals surface area contributed by atoms with Crippen LogP contribution in [0, 0.1) is 5.92 Å². The minimum atomic E-state index is -0.323. The summed E-state index contributed by atoms with van der Waals surface area (Å²) in [6, 6.07) is 0. The third-order valence-corrected chi connectivity index (χ3v) is 4.60. The number of ether oxygens (including phenoxy) is 2. The van der Waals surface area contributed by atoms with Gasteiger partial charge in [-0.15, -0.1) is 0 Å². The third kappa shape index (κ3) is 5.12. The van der Waals surface area contributed by atoms with Crippen LogP contribution in [0.1, 0.15) is 52.4 Å². The largest absolute Gasteiger partial charge is 0.435 e. The fourth-order valence-electron chi connectivity index (χ4n) is 2.19. The van der Waals surface area contributed by atoms with E-state index in [9.17, 15) is 4.79 Å². The van der Waals surface area contributed by atoms with Crippen LogP contribution < -0.4 is 0 Å². The van der Waals surface area contributed by atoms with E-state index in [1.165, 1.54) is 19.3 Å². The molecule has 0 amide bonds. The summed E-state index contributed by atoms with van der Waals surface area (Å²) < 4.78 is 11.1. The minimum absolute atomic E-state index is 0.0563. The van der Waals surface area contributed by atoms with Gasteiger partial charge < -0.3 is 9.47 Å². The molecule has 0 aromatic rings. The van der Waals surface area contributed by atoms with E-state index in [0.29, 0.717) is 12.5 Å². The van der Waals surface area contributed by atoms with Crippen molar-refractivity contribution in [2.45, 2.75) is 62.6 Å². The first-order chi connectivity index (χ1) is 8.19. The summed E-state index contributed by atoms with van der Waals surface area (Å²) in [5.74, 6) is 0.269. The molecule has 0 bridgehead atoms. The second-order valence-corrected chi connectivity index (χ2v) is 6.04. The van der Waals surface area contributed by atoms with E-state index in [1.807, 2.05) is 13.8 Å². The molecule has 0 heterocycles. The van der Waals surface area contributed by atoms with Crippen LogP contribution in [0.15, 0.2) is 0 Å². The van der Waals surface area contributed by atoms with Gasteiger partial charge >= 0.3 is 5.97 Å². The molecule has 1 fully saturated rings. The van der Waals surface area contributed by atoms with Crippen molar-refractivity contribution in [3.05, 3.63) is 0 Å². The Labute approximate surface area is 118 Å². The van der Waals surface area contributed by atoms with Gasteiger partial charge in [0.1, 0.15) is 3.92 Å². The van der Waals surface area contributed by atoms with Gasteiger partial charge in [0.15, 0.2) is 0 Å². The van der Waals surface area contributed by atoms with E-state index in [2.05, 4.69) is 22.6 Å². The molecular weight excluding hydrogens is 331 g/mol. The lowest BCUT2D eigenvalue weighted by molar-refractivity contribution is -0.192. The third-order valence-electron chi connectivity index (χ3n) is 3.21. The van der Waals surface area contributed by atoms with Crippen LogP contribution in [0.4, 0.5) is 0 Å². The zero-order chi connectivity index (χ0) is 12.7. The molecule has 3 nitrogen and oxygen atoms in total. The maximum absolute atomic E-state index is 11.8. The molecule has 17 heavy (non-hydrogen) atoms. The van der Waals surface area contributed by atoms with Gasteiger partial charge in [0.05, 0.1) is 0 Å². The summed E-state index contributed by atoms with van der Waals surface area (Å²) in [6.07, 6.45) is 6.49. The predicted octanol–water partition coefficient (Wildman–Crippen LogP) is 3.69. The van der Waals surface area contributed by atoms with Gasteiger partial charge in [-0.05, 0) is 26.2 Å². The Hall–Kier alpha value is 0.160. The highest BCUT2D eigenvalue weighted by Gasteiger charge is 2.28. The highest BCUT2D eigenvalue weighted by molar-refractivity contribution is 14.1. The topological polar surface area (TPSA) is 35.5 Å². The first-order valence-electron chi connectivity index (χ1n) is 6.65. The lowest BCUT2D eigenvalue weighted by Crippen LogP contribution is -2.33. The van der Waals surface area contributed by atoms with Gasteiger partial charge in [-0.25, -0.2) is 0 Å². The van der Waals surface area contributed by atoms with Crippen LogP contribution in [0.3, 0.4) is 0 Å². The Bertz CT molecular complexity index is 227. The SMILES string of the molecule is CCOC(OC(=O)C(I)CC)C1CCCCC1. The van der Waals surface area contributed by atoms with Crippen molar-refractivity contribution >= 4 is 28.6 Å². The van der Waals surface area contributed by atoms with Crippen molar-refractivity contribution < 1.29 is 14.3 Å². The molecule has 0 spiro atoms. The van der Waals surface area contributed by atoms with Crippen molar-refractivity contribution in [1.29, 1.82) is 0 Å².